The summed E-state index contributed by atoms with van der Waals surface area (Å²) in [7, 11) is 0. The lowest BCUT2D eigenvalue weighted by atomic mass is 9.87. The molecule has 3 aromatic rings. The summed E-state index contributed by atoms with van der Waals surface area (Å²) in [6.07, 6.45) is 5.14. The lowest BCUT2D eigenvalue weighted by molar-refractivity contribution is 0.0651. The van der Waals surface area contributed by atoms with Crippen LogP contribution in [-0.4, -0.2) is 47.5 Å². The van der Waals surface area contributed by atoms with Gasteiger partial charge in [0.15, 0.2) is 5.78 Å². The molecule has 2 aliphatic rings. The number of nitrogens with one attached hydrogen (secondary N) is 2. The number of hydrogen-bond acceptors (Lipinski definition) is 6. The van der Waals surface area contributed by atoms with Crippen LogP contribution in [0.3, 0.4) is 0 Å². The van der Waals surface area contributed by atoms with Crippen LogP contribution in [0.25, 0.3) is 11.1 Å². The summed E-state index contributed by atoms with van der Waals surface area (Å²) in [6.45, 7) is 14.3. The average molecular weight is 543 g/mol. The Balaban J connectivity index is 1.46. The summed E-state index contributed by atoms with van der Waals surface area (Å²) < 4.78 is 6.62. The molecule has 1 saturated heterocycles. The van der Waals surface area contributed by atoms with Gasteiger partial charge in [-0.3, -0.25) is 9.59 Å². The number of hydrogen-bond donors (Lipinski definition) is 2. The number of ketones is 1. The quantitative estimate of drug-likeness (QED) is 0.358. The lowest BCUT2D eigenvalue weighted by Gasteiger charge is -2.29. The van der Waals surface area contributed by atoms with E-state index in [-0.39, 0.29) is 23.4 Å². The first-order valence-corrected chi connectivity index (χ1v) is 14.7. The second kappa shape index (κ2) is 11.6. The number of Topliss-reactive ketones (excluding diaryl/α,β-unsaturated/α-hetero) is 1. The van der Waals surface area contributed by atoms with Crippen LogP contribution in [0.5, 0.6) is 5.75 Å². The van der Waals surface area contributed by atoms with Crippen molar-refractivity contribution in [3.63, 3.8) is 0 Å². The Morgan fingerprint density at radius 2 is 1.93 bits per heavy atom. The van der Waals surface area contributed by atoms with Gasteiger partial charge in [-0.1, -0.05) is 27.2 Å². The Morgan fingerprint density at radius 1 is 1.15 bits per heavy atom. The van der Waals surface area contributed by atoms with Crippen LogP contribution in [-0.2, 0) is 19.3 Å². The van der Waals surface area contributed by atoms with E-state index in [2.05, 4.69) is 55.0 Å². The molecular weight excluding hydrogens is 500 g/mol. The number of H-pyrrole nitrogens is 1. The number of nitrogens with zero attached hydrogens (tertiary/aromatic N) is 2. The van der Waals surface area contributed by atoms with Crippen LogP contribution in [0.15, 0.2) is 41.3 Å². The highest BCUT2D eigenvalue weighted by Crippen LogP contribution is 2.46. The van der Waals surface area contributed by atoms with Gasteiger partial charge in [-0.2, -0.15) is 0 Å². The molecule has 1 atom stereocenters. The molecule has 0 bridgehead atoms. The first-order chi connectivity index (χ1) is 19.2. The van der Waals surface area contributed by atoms with E-state index in [9.17, 15) is 9.59 Å². The van der Waals surface area contributed by atoms with Gasteiger partial charge in [0.05, 0.1) is 0 Å². The SMILES string of the molecule is CCCc1cc(C)[nH]c(=O)c1CCC(=O)c1cc2c(c(-c3ccc(N4CCNCC4)nc3)c1)OC(C)(C(C)C)C2. The van der Waals surface area contributed by atoms with Crippen molar-refractivity contribution < 1.29 is 9.53 Å². The van der Waals surface area contributed by atoms with E-state index in [0.29, 0.717) is 17.9 Å². The first-order valence-electron chi connectivity index (χ1n) is 14.7. The van der Waals surface area contributed by atoms with Crippen molar-refractivity contribution >= 4 is 11.6 Å². The van der Waals surface area contributed by atoms with Crippen LogP contribution >= 0.6 is 0 Å². The molecule has 0 spiro atoms. The van der Waals surface area contributed by atoms with Gasteiger partial charge in [0.1, 0.15) is 17.2 Å². The Morgan fingerprint density at radius 3 is 2.60 bits per heavy atom. The van der Waals surface area contributed by atoms with Gasteiger partial charge >= 0.3 is 0 Å². The number of carbonyl (C=O) groups is 1. The third-order valence-corrected chi connectivity index (χ3v) is 8.57. The van der Waals surface area contributed by atoms with Crippen LogP contribution in [0.4, 0.5) is 5.82 Å². The van der Waals surface area contributed by atoms with Gasteiger partial charge in [0.25, 0.3) is 5.56 Å². The van der Waals surface area contributed by atoms with Crippen molar-refractivity contribution in [1.82, 2.24) is 15.3 Å². The van der Waals surface area contributed by atoms with Crippen molar-refractivity contribution in [1.29, 1.82) is 0 Å². The third kappa shape index (κ3) is 5.71. The molecule has 0 saturated carbocycles. The van der Waals surface area contributed by atoms with Crippen molar-refractivity contribution in [2.75, 3.05) is 31.1 Å². The highest BCUT2D eigenvalue weighted by Gasteiger charge is 2.39. The molecule has 1 unspecified atom stereocenters. The fourth-order valence-corrected chi connectivity index (χ4v) is 5.85. The van der Waals surface area contributed by atoms with E-state index in [1.54, 1.807) is 0 Å². The maximum Gasteiger partial charge on any atom is 0.251 e. The number of aryl methyl sites for hydroxylation is 2. The number of pyridine rings is 2. The average Bonchev–Trinajstić information content (AvgIpc) is 3.30. The van der Waals surface area contributed by atoms with Crippen molar-refractivity contribution in [3.8, 4) is 16.9 Å². The maximum absolute atomic E-state index is 13.6. The third-order valence-electron chi connectivity index (χ3n) is 8.57. The second-order valence-corrected chi connectivity index (χ2v) is 11.9. The summed E-state index contributed by atoms with van der Waals surface area (Å²) >= 11 is 0. The lowest BCUT2D eigenvalue weighted by Crippen LogP contribution is -2.43. The molecular formula is C33H42N4O3. The van der Waals surface area contributed by atoms with Gasteiger partial charge in [0, 0.05) is 73.2 Å². The number of carbonyl (C=O) groups excluding carboxylic acids is 1. The summed E-state index contributed by atoms with van der Waals surface area (Å²) in [5.41, 5.74) is 5.78. The van der Waals surface area contributed by atoms with E-state index >= 15 is 0 Å². The number of fused-ring (bicyclic) bond motifs is 1. The van der Waals surface area contributed by atoms with E-state index in [1.165, 1.54) is 0 Å². The highest BCUT2D eigenvalue weighted by molar-refractivity contribution is 5.98. The number of benzene rings is 1. The zero-order valence-electron chi connectivity index (χ0n) is 24.5. The molecule has 2 aromatic heterocycles. The largest absolute Gasteiger partial charge is 0.486 e. The maximum atomic E-state index is 13.6. The van der Waals surface area contributed by atoms with Crippen LogP contribution < -0.4 is 20.5 Å². The molecule has 1 aromatic carbocycles. The smallest absolute Gasteiger partial charge is 0.251 e. The van der Waals surface area contributed by atoms with E-state index < -0.39 is 0 Å². The molecule has 2 N–H and O–H groups in total. The zero-order chi connectivity index (χ0) is 28.4. The molecule has 40 heavy (non-hydrogen) atoms. The summed E-state index contributed by atoms with van der Waals surface area (Å²) in [4.78, 5) is 36.4. The van der Waals surface area contributed by atoms with E-state index in [4.69, 9.17) is 9.72 Å². The fraction of sp³-hybridized carbons (Fsp3) is 0.485. The molecule has 1 fully saturated rings. The molecule has 0 radical (unpaired) electrons. The Bertz CT molecular complexity index is 1440. The zero-order valence-corrected chi connectivity index (χ0v) is 24.5. The van der Waals surface area contributed by atoms with Crippen molar-refractivity contribution in [2.24, 2.45) is 5.92 Å². The number of anilines is 1. The molecule has 0 amide bonds. The molecule has 2 aliphatic heterocycles. The second-order valence-electron chi connectivity index (χ2n) is 11.9. The minimum atomic E-state index is -0.336. The number of piperazine rings is 1. The van der Waals surface area contributed by atoms with Gasteiger partial charge in [-0.15, -0.1) is 0 Å². The molecule has 7 nitrogen and oxygen atoms in total. The minimum Gasteiger partial charge on any atom is -0.486 e. The predicted octanol–water partition coefficient (Wildman–Crippen LogP) is 5.27. The fourth-order valence-electron chi connectivity index (χ4n) is 5.85. The molecule has 212 valence electrons. The van der Waals surface area contributed by atoms with Gasteiger partial charge in [-0.05, 0) is 74.1 Å². The molecule has 0 aliphatic carbocycles. The predicted molar refractivity (Wildman–Crippen MR) is 161 cm³/mol. The number of aromatic amines is 1. The topological polar surface area (TPSA) is 87.3 Å². The summed E-state index contributed by atoms with van der Waals surface area (Å²) in [6, 6.07) is 10.2. The Kier molecular flexibility index (Phi) is 8.13. The van der Waals surface area contributed by atoms with Crippen LogP contribution in [0.1, 0.15) is 73.3 Å². The number of ether oxygens (including phenoxy) is 1. The summed E-state index contributed by atoms with van der Waals surface area (Å²) in [5.74, 6) is 2.17. The van der Waals surface area contributed by atoms with E-state index in [1.807, 2.05) is 31.3 Å². The van der Waals surface area contributed by atoms with Gasteiger partial charge in [0.2, 0.25) is 0 Å². The Hall–Kier alpha value is -3.45. The van der Waals surface area contributed by atoms with E-state index in [0.717, 1.165) is 90.5 Å². The molecule has 4 heterocycles. The summed E-state index contributed by atoms with van der Waals surface area (Å²) in [5, 5.41) is 3.38. The number of aromatic nitrogens is 2. The number of rotatable bonds is 9. The molecule has 5 rings (SSSR count). The normalized spacial score (nSPS) is 18.6. The monoisotopic (exact) mass is 542 g/mol. The molecule has 7 heteroatoms. The standard InChI is InChI=1S/C33H42N4O3/c1-6-7-23-16-22(4)36-32(39)27(23)9-10-29(38)25-17-26-19-33(5,21(2)3)40-31(26)28(18-25)24-8-11-30(35-20-24)37-14-12-34-13-15-37/h8,11,16-18,20-21,34H,6-7,9-10,12-15,19H2,1-5H3,(H,36,39). The highest BCUT2D eigenvalue weighted by atomic mass is 16.5. The first kappa shape index (κ1) is 28.1. The van der Waals surface area contributed by atoms with Gasteiger partial charge in [-0.25, -0.2) is 4.98 Å². The van der Waals surface area contributed by atoms with Crippen molar-refractivity contribution in [3.05, 3.63) is 74.8 Å². The van der Waals surface area contributed by atoms with Crippen LogP contribution in [0, 0.1) is 12.8 Å². The Labute approximate surface area is 237 Å². The van der Waals surface area contributed by atoms with Gasteiger partial charge < -0.3 is 19.9 Å². The minimum absolute atomic E-state index is 0.0371. The van der Waals surface area contributed by atoms with Crippen molar-refractivity contribution in [2.45, 2.75) is 72.3 Å². The van der Waals surface area contributed by atoms with Crippen LogP contribution in [0.2, 0.25) is 0 Å².